The van der Waals surface area contributed by atoms with Gasteiger partial charge in [0.05, 0.1) is 19.1 Å². The molecule has 98 valence electrons. The molecule has 2 rings (SSSR count). The molecule has 1 atom stereocenters. The van der Waals surface area contributed by atoms with E-state index < -0.39 is 0 Å². The summed E-state index contributed by atoms with van der Waals surface area (Å²) in [6.07, 6.45) is 0.444. The summed E-state index contributed by atoms with van der Waals surface area (Å²) in [5.41, 5.74) is 0.953. The third-order valence-corrected chi connectivity index (χ3v) is 3.09. The maximum Gasteiger partial charge on any atom is 0.229 e. The normalized spacial score (nSPS) is 19.5. The van der Waals surface area contributed by atoms with Crippen molar-refractivity contribution in [2.24, 2.45) is 0 Å². The van der Waals surface area contributed by atoms with E-state index >= 15 is 0 Å². The number of nitrogens with one attached hydrogen (secondary N) is 1. The SMILES string of the molecule is CCN(C(=O)CC1CNCCO1)c1ccccc1. The summed E-state index contributed by atoms with van der Waals surface area (Å²) in [7, 11) is 0. The fraction of sp³-hybridized carbons (Fsp3) is 0.500. The first-order valence-electron chi connectivity index (χ1n) is 6.49. The number of rotatable bonds is 4. The number of morpholine rings is 1. The van der Waals surface area contributed by atoms with Crippen LogP contribution < -0.4 is 10.2 Å². The van der Waals surface area contributed by atoms with E-state index in [0.29, 0.717) is 19.6 Å². The van der Waals surface area contributed by atoms with Crippen LogP contribution in [-0.4, -0.2) is 38.3 Å². The molecular formula is C14H20N2O2. The van der Waals surface area contributed by atoms with Crippen molar-refractivity contribution in [3.8, 4) is 0 Å². The van der Waals surface area contributed by atoms with Gasteiger partial charge in [0.2, 0.25) is 5.91 Å². The molecule has 1 aromatic rings. The highest BCUT2D eigenvalue weighted by molar-refractivity contribution is 5.93. The van der Waals surface area contributed by atoms with Gasteiger partial charge in [-0.25, -0.2) is 0 Å². The van der Waals surface area contributed by atoms with Gasteiger partial charge >= 0.3 is 0 Å². The summed E-state index contributed by atoms with van der Waals surface area (Å²) < 4.78 is 5.57. The molecule has 0 saturated carbocycles. The lowest BCUT2D eigenvalue weighted by molar-refractivity contribution is -0.121. The van der Waals surface area contributed by atoms with Gasteiger partial charge in [0.15, 0.2) is 0 Å². The van der Waals surface area contributed by atoms with Crippen molar-refractivity contribution in [2.45, 2.75) is 19.4 Å². The monoisotopic (exact) mass is 248 g/mol. The van der Waals surface area contributed by atoms with E-state index in [0.717, 1.165) is 18.8 Å². The first-order chi connectivity index (χ1) is 8.81. The minimum absolute atomic E-state index is 0.00372. The maximum absolute atomic E-state index is 12.3. The second kappa shape index (κ2) is 6.52. The van der Waals surface area contributed by atoms with Crippen LogP contribution >= 0.6 is 0 Å². The second-order valence-electron chi connectivity index (χ2n) is 4.37. The second-order valence-corrected chi connectivity index (χ2v) is 4.37. The molecule has 1 aliphatic rings. The van der Waals surface area contributed by atoms with Crippen LogP contribution in [-0.2, 0) is 9.53 Å². The molecule has 0 radical (unpaired) electrons. The Bertz CT molecular complexity index is 375. The van der Waals surface area contributed by atoms with E-state index in [2.05, 4.69) is 5.32 Å². The Morgan fingerprint density at radius 3 is 2.83 bits per heavy atom. The lowest BCUT2D eigenvalue weighted by Crippen LogP contribution is -2.42. The van der Waals surface area contributed by atoms with Gasteiger partial charge in [0.1, 0.15) is 0 Å². The molecule has 1 N–H and O–H groups in total. The van der Waals surface area contributed by atoms with Crippen molar-refractivity contribution in [2.75, 3.05) is 31.1 Å². The van der Waals surface area contributed by atoms with Crippen molar-refractivity contribution in [3.63, 3.8) is 0 Å². The number of anilines is 1. The van der Waals surface area contributed by atoms with Crippen LogP contribution in [0.15, 0.2) is 30.3 Å². The fourth-order valence-electron chi connectivity index (χ4n) is 2.17. The van der Waals surface area contributed by atoms with Crippen molar-refractivity contribution in [3.05, 3.63) is 30.3 Å². The van der Waals surface area contributed by atoms with Crippen LogP contribution in [0.5, 0.6) is 0 Å². The van der Waals surface area contributed by atoms with E-state index in [-0.39, 0.29) is 12.0 Å². The number of carbonyl (C=O) groups is 1. The highest BCUT2D eigenvalue weighted by Crippen LogP contribution is 2.15. The van der Waals surface area contributed by atoms with Crippen molar-refractivity contribution in [1.82, 2.24) is 5.32 Å². The first kappa shape index (κ1) is 13.1. The van der Waals surface area contributed by atoms with Crippen LogP contribution in [0, 0.1) is 0 Å². The van der Waals surface area contributed by atoms with Crippen LogP contribution in [0.3, 0.4) is 0 Å². The fourth-order valence-corrected chi connectivity index (χ4v) is 2.17. The van der Waals surface area contributed by atoms with E-state index in [1.54, 1.807) is 4.90 Å². The van der Waals surface area contributed by atoms with Crippen molar-refractivity contribution in [1.29, 1.82) is 0 Å². The quantitative estimate of drug-likeness (QED) is 0.876. The zero-order chi connectivity index (χ0) is 12.8. The zero-order valence-corrected chi connectivity index (χ0v) is 10.8. The summed E-state index contributed by atoms with van der Waals surface area (Å²) in [6, 6.07) is 9.77. The molecule has 0 spiro atoms. The minimum Gasteiger partial charge on any atom is -0.375 e. The molecule has 1 saturated heterocycles. The highest BCUT2D eigenvalue weighted by Gasteiger charge is 2.21. The van der Waals surface area contributed by atoms with Gasteiger partial charge in [-0.15, -0.1) is 0 Å². The average Bonchev–Trinajstić information content (AvgIpc) is 2.42. The minimum atomic E-state index is 0.00372. The van der Waals surface area contributed by atoms with Gasteiger partial charge in [-0.1, -0.05) is 18.2 Å². The van der Waals surface area contributed by atoms with Gasteiger partial charge < -0.3 is 15.0 Å². The van der Waals surface area contributed by atoms with E-state index in [1.807, 2.05) is 37.3 Å². The Hall–Kier alpha value is -1.39. The van der Waals surface area contributed by atoms with Gasteiger partial charge in [-0.05, 0) is 19.1 Å². The molecule has 1 aliphatic heterocycles. The molecule has 0 aliphatic carbocycles. The van der Waals surface area contributed by atoms with Gasteiger partial charge in [-0.3, -0.25) is 4.79 Å². The Morgan fingerprint density at radius 2 is 2.22 bits per heavy atom. The molecule has 18 heavy (non-hydrogen) atoms. The van der Waals surface area contributed by atoms with Gasteiger partial charge in [0.25, 0.3) is 0 Å². The number of para-hydroxylation sites is 1. The maximum atomic E-state index is 12.3. The standard InChI is InChI=1S/C14H20N2O2/c1-2-16(12-6-4-3-5-7-12)14(17)10-13-11-15-8-9-18-13/h3-7,13,15H,2,8-11H2,1H3. The number of benzene rings is 1. The molecule has 1 amide bonds. The van der Waals surface area contributed by atoms with Crippen LogP contribution in [0.25, 0.3) is 0 Å². The van der Waals surface area contributed by atoms with Crippen molar-refractivity contribution < 1.29 is 9.53 Å². The third-order valence-electron chi connectivity index (χ3n) is 3.09. The molecule has 1 heterocycles. The Balaban J connectivity index is 1.97. The third kappa shape index (κ3) is 3.31. The van der Waals surface area contributed by atoms with Crippen molar-refractivity contribution >= 4 is 11.6 Å². The molecular weight excluding hydrogens is 228 g/mol. The summed E-state index contributed by atoms with van der Waals surface area (Å²) in [6.45, 7) is 5.00. The molecule has 1 fully saturated rings. The molecule has 4 heteroatoms. The van der Waals surface area contributed by atoms with Gasteiger partial charge in [0, 0.05) is 25.3 Å². The summed E-state index contributed by atoms with van der Waals surface area (Å²) in [5, 5.41) is 3.24. The predicted molar refractivity (Wildman–Crippen MR) is 71.7 cm³/mol. The lowest BCUT2D eigenvalue weighted by Gasteiger charge is -2.27. The Labute approximate surface area is 108 Å². The molecule has 4 nitrogen and oxygen atoms in total. The number of nitrogens with zero attached hydrogens (tertiary/aromatic N) is 1. The summed E-state index contributed by atoms with van der Waals surface area (Å²) in [5.74, 6) is 0.123. The first-order valence-corrected chi connectivity index (χ1v) is 6.49. The predicted octanol–water partition coefficient (Wildman–Crippen LogP) is 1.42. The van der Waals surface area contributed by atoms with Crippen LogP contribution in [0.4, 0.5) is 5.69 Å². The van der Waals surface area contributed by atoms with E-state index in [4.69, 9.17) is 4.74 Å². The highest BCUT2D eigenvalue weighted by atomic mass is 16.5. The smallest absolute Gasteiger partial charge is 0.229 e. The molecule has 1 unspecified atom stereocenters. The summed E-state index contributed by atoms with van der Waals surface area (Å²) >= 11 is 0. The molecule has 0 bridgehead atoms. The van der Waals surface area contributed by atoms with Crippen LogP contribution in [0.1, 0.15) is 13.3 Å². The molecule has 0 aromatic heterocycles. The summed E-state index contributed by atoms with van der Waals surface area (Å²) in [4.78, 5) is 14.1. The Kier molecular flexibility index (Phi) is 4.73. The van der Waals surface area contributed by atoms with E-state index in [1.165, 1.54) is 0 Å². The average molecular weight is 248 g/mol. The number of ether oxygens (including phenoxy) is 1. The number of amides is 1. The van der Waals surface area contributed by atoms with Gasteiger partial charge in [-0.2, -0.15) is 0 Å². The number of carbonyl (C=O) groups excluding carboxylic acids is 1. The van der Waals surface area contributed by atoms with Crippen LogP contribution in [0.2, 0.25) is 0 Å². The number of hydrogen-bond donors (Lipinski definition) is 1. The van der Waals surface area contributed by atoms with E-state index in [9.17, 15) is 4.79 Å². The lowest BCUT2D eigenvalue weighted by atomic mass is 10.2. The topological polar surface area (TPSA) is 41.6 Å². The number of hydrogen-bond acceptors (Lipinski definition) is 3. The molecule has 1 aromatic carbocycles. The largest absolute Gasteiger partial charge is 0.375 e. The Morgan fingerprint density at radius 1 is 1.44 bits per heavy atom. The zero-order valence-electron chi connectivity index (χ0n) is 10.8.